The first kappa shape index (κ1) is 14.2. The minimum atomic E-state index is 0.0571. The van der Waals surface area contributed by atoms with E-state index in [1.807, 2.05) is 13.0 Å². The minimum absolute atomic E-state index is 0.0571. The first-order valence-corrected chi connectivity index (χ1v) is 6.59. The van der Waals surface area contributed by atoms with E-state index in [1.165, 1.54) is 11.3 Å². The summed E-state index contributed by atoms with van der Waals surface area (Å²) < 4.78 is 6.56. The molecule has 0 aliphatic heterocycles. The first-order chi connectivity index (χ1) is 7.65. The van der Waals surface area contributed by atoms with Crippen molar-refractivity contribution in [1.29, 1.82) is 0 Å². The van der Waals surface area contributed by atoms with Crippen molar-refractivity contribution in [1.82, 2.24) is 5.32 Å². The Bertz CT molecular complexity index is 320. The van der Waals surface area contributed by atoms with Crippen molar-refractivity contribution in [2.24, 2.45) is 0 Å². The summed E-state index contributed by atoms with van der Waals surface area (Å²) in [6, 6.07) is 2.02. The summed E-state index contributed by atoms with van der Waals surface area (Å²) in [5.74, 6) is 0. The largest absolute Gasteiger partial charge is 0.394 e. The fourth-order valence-electron chi connectivity index (χ4n) is 1.27. The Hall–Kier alpha value is 0.160. The van der Waals surface area contributed by atoms with Gasteiger partial charge in [-0.05, 0) is 18.6 Å². The molecule has 1 aromatic rings. The Morgan fingerprint density at radius 3 is 2.81 bits per heavy atom. The number of aliphatic hydroxyl groups excluding tert-OH is 1. The Labute approximate surface area is 109 Å². The lowest BCUT2D eigenvalue weighted by molar-refractivity contribution is 0.0928. The van der Waals surface area contributed by atoms with Crippen LogP contribution in [0, 0.1) is 0 Å². The standard InChI is InChI=1S/C10H15Cl2NO2S/c1-7(13-2-4-15-5-3-14)8-6-9(11)16-10(8)12/h6-7,13-14H,2-5H2,1H3. The maximum absolute atomic E-state index is 8.52. The van der Waals surface area contributed by atoms with Crippen LogP contribution in [0.15, 0.2) is 6.07 Å². The van der Waals surface area contributed by atoms with Crippen LogP contribution in [0.2, 0.25) is 8.67 Å². The maximum Gasteiger partial charge on any atom is 0.0991 e. The molecule has 1 rings (SSSR count). The Kier molecular flexibility index (Phi) is 6.65. The van der Waals surface area contributed by atoms with E-state index in [0.717, 1.165) is 9.90 Å². The summed E-state index contributed by atoms with van der Waals surface area (Å²) in [5.41, 5.74) is 1.01. The van der Waals surface area contributed by atoms with Gasteiger partial charge >= 0.3 is 0 Å². The van der Waals surface area contributed by atoms with E-state index in [0.29, 0.717) is 24.1 Å². The molecular weight excluding hydrogens is 269 g/mol. The fraction of sp³-hybridized carbons (Fsp3) is 0.600. The van der Waals surface area contributed by atoms with Gasteiger partial charge in [-0.25, -0.2) is 0 Å². The number of nitrogens with one attached hydrogen (secondary N) is 1. The van der Waals surface area contributed by atoms with Crippen LogP contribution in [0.5, 0.6) is 0 Å². The van der Waals surface area contributed by atoms with Crippen molar-refractivity contribution in [2.75, 3.05) is 26.4 Å². The Morgan fingerprint density at radius 1 is 1.50 bits per heavy atom. The molecule has 6 heteroatoms. The second-order valence-corrected chi connectivity index (χ2v) is 5.58. The molecule has 0 bridgehead atoms. The highest BCUT2D eigenvalue weighted by Gasteiger charge is 2.12. The molecule has 1 aromatic heterocycles. The van der Waals surface area contributed by atoms with Gasteiger partial charge in [0.05, 0.1) is 28.5 Å². The second kappa shape index (κ2) is 7.48. The number of rotatable bonds is 7. The van der Waals surface area contributed by atoms with E-state index in [2.05, 4.69) is 5.32 Å². The van der Waals surface area contributed by atoms with E-state index in [-0.39, 0.29) is 12.6 Å². The van der Waals surface area contributed by atoms with Gasteiger partial charge in [-0.15, -0.1) is 11.3 Å². The zero-order chi connectivity index (χ0) is 12.0. The van der Waals surface area contributed by atoms with Gasteiger partial charge in [0.1, 0.15) is 0 Å². The summed E-state index contributed by atoms with van der Waals surface area (Å²) in [6.45, 7) is 3.74. The summed E-state index contributed by atoms with van der Waals surface area (Å²) in [7, 11) is 0. The molecule has 0 amide bonds. The molecule has 2 N–H and O–H groups in total. The first-order valence-electron chi connectivity index (χ1n) is 5.02. The summed E-state index contributed by atoms with van der Waals surface area (Å²) in [6.07, 6.45) is 0. The van der Waals surface area contributed by atoms with Crippen LogP contribution in [-0.2, 0) is 4.74 Å². The smallest absolute Gasteiger partial charge is 0.0991 e. The van der Waals surface area contributed by atoms with Gasteiger partial charge in [0.2, 0.25) is 0 Å². The number of thiophene rings is 1. The molecule has 0 aliphatic carbocycles. The van der Waals surface area contributed by atoms with Crippen molar-refractivity contribution < 1.29 is 9.84 Å². The quantitative estimate of drug-likeness (QED) is 0.756. The zero-order valence-electron chi connectivity index (χ0n) is 9.00. The second-order valence-electron chi connectivity index (χ2n) is 3.29. The number of hydrogen-bond acceptors (Lipinski definition) is 4. The number of aliphatic hydroxyl groups is 1. The van der Waals surface area contributed by atoms with Crippen LogP contribution in [0.4, 0.5) is 0 Å². The van der Waals surface area contributed by atoms with Crippen molar-refractivity contribution in [2.45, 2.75) is 13.0 Å². The molecule has 0 fully saturated rings. The van der Waals surface area contributed by atoms with Gasteiger partial charge in [-0.3, -0.25) is 0 Å². The zero-order valence-corrected chi connectivity index (χ0v) is 11.3. The summed E-state index contributed by atoms with van der Waals surface area (Å²) >= 11 is 13.3. The molecule has 0 radical (unpaired) electrons. The predicted molar refractivity (Wildman–Crippen MR) is 68.7 cm³/mol. The molecule has 16 heavy (non-hydrogen) atoms. The third-order valence-electron chi connectivity index (χ3n) is 2.08. The van der Waals surface area contributed by atoms with Gasteiger partial charge in [0.25, 0.3) is 0 Å². The van der Waals surface area contributed by atoms with Crippen LogP contribution in [0.1, 0.15) is 18.5 Å². The lowest BCUT2D eigenvalue weighted by atomic mass is 10.2. The molecule has 1 unspecified atom stereocenters. The van der Waals surface area contributed by atoms with Crippen LogP contribution < -0.4 is 5.32 Å². The van der Waals surface area contributed by atoms with E-state index < -0.39 is 0 Å². The van der Waals surface area contributed by atoms with Crippen molar-refractivity contribution in [3.05, 3.63) is 20.3 Å². The van der Waals surface area contributed by atoms with E-state index in [4.69, 9.17) is 33.0 Å². The highest BCUT2D eigenvalue weighted by atomic mass is 35.5. The SMILES string of the molecule is CC(NCCOCCO)c1cc(Cl)sc1Cl. The topological polar surface area (TPSA) is 41.5 Å². The highest BCUT2D eigenvalue weighted by Crippen LogP contribution is 2.34. The van der Waals surface area contributed by atoms with Crippen molar-refractivity contribution in [3.63, 3.8) is 0 Å². The number of hydrogen-bond donors (Lipinski definition) is 2. The molecule has 1 heterocycles. The summed E-state index contributed by atoms with van der Waals surface area (Å²) in [5, 5.41) is 11.8. The van der Waals surface area contributed by atoms with Gasteiger partial charge in [0, 0.05) is 12.6 Å². The van der Waals surface area contributed by atoms with Gasteiger partial charge < -0.3 is 15.2 Å². The van der Waals surface area contributed by atoms with E-state index in [1.54, 1.807) is 0 Å². The predicted octanol–water partition coefficient (Wildman–Crippen LogP) is 2.71. The van der Waals surface area contributed by atoms with Crippen LogP contribution in [0.25, 0.3) is 0 Å². The maximum atomic E-state index is 8.52. The van der Waals surface area contributed by atoms with Crippen molar-refractivity contribution >= 4 is 34.5 Å². The Balaban J connectivity index is 2.29. The fourth-order valence-corrected chi connectivity index (χ4v) is 2.92. The minimum Gasteiger partial charge on any atom is -0.394 e. The Morgan fingerprint density at radius 2 is 2.25 bits per heavy atom. The van der Waals surface area contributed by atoms with E-state index >= 15 is 0 Å². The average Bonchev–Trinajstić information content (AvgIpc) is 2.57. The lowest BCUT2D eigenvalue weighted by Crippen LogP contribution is -2.23. The monoisotopic (exact) mass is 283 g/mol. The highest BCUT2D eigenvalue weighted by molar-refractivity contribution is 7.20. The van der Waals surface area contributed by atoms with Crippen LogP contribution >= 0.6 is 34.5 Å². The average molecular weight is 284 g/mol. The number of halogens is 2. The molecule has 1 atom stereocenters. The third-order valence-corrected chi connectivity index (χ3v) is 3.60. The van der Waals surface area contributed by atoms with Crippen LogP contribution in [0.3, 0.4) is 0 Å². The molecular formula is C10H15Cl2NO2S. The summed E-state index contributed by atoms with van der Waals surface area (Å²) in [4.78, 5) is 0. The lowest BCUT2D eigenvalue weighted by Gasteiger charge is -2.13. The molecule has 0 spiro atoms. The van der Waals surface area contributed by atoms with Crippen molar-refractivity contribution in [3.8, 4) is 0 Å². The van der Waals surface area contributed by atoms with Gasteiger partial charge in [-0.1, -0.05) is 23.2 Å². The molecule has 0 saturated carbocycles. The third kappa shape index (κ3) is 4.57. The number of ether oxygens (including phenoxy) is 1. The molecule has 0 saturated heterocycles. The molecule has 0 aliphatic rings. The molecule has 0 aromatic carbocycles. The van der Waals surface area contributed by atoms with Crippen LogP contribution in [-0.4, -0.2) is 31.5 Å². The molecule has 3 nitrogen and oxygen atoms in total. The van der Waals surface area contributed by atoms with Gasteiger partial charge in [-0.2, -0.15) is 0 Å². The normalized spacial score (nSPS) is 13.0. The van der Waals surface area contributed by atoms with E-state index in [9.17, 15) is 0 Å². The molecule has 92 valence electrons. The van der Waals surface area contributed by atoms with Gasteiger partial charge in [0.15, 0.2) is 0 Å².